The second-order valence-corrected chi connectivity index (χ2v) is 6.60. The molecule has 0 atom stereocenters. The van der Waals surface area contributed by atoms with Crippen LogP contribution in [0.1, 0.15) is 4.88 Å². The summed E-state index contributed by atoms with van der Waals surface area (Å²) < 4.78 is 22.2. The number of sulfonamides is 1. The van der Waals surface area contributed by atoms with Gasteiger partial charge in [-0.2, -0.15) is 0 Å². The van der Waals surface area contributed by atoms with Gasteiger partial charge in [0, 0.05) is 25.5 Å². The lowest BCUT2D eigenvalue weighted by molar-refractivity contribution is 0.217. The first-order valence-corrected chi connectivity index (χ1v) is 7.23. The molecule has 17 heavy (non-hydrogen) atoms. The number of urea groups is 1. The van der Waals surface area contributed by atoms with Crippen LogP contribution in [0.2, 0.25) is 0 Å². The quantitative estimate of drug-likeness (QED) is 0.824. The summed E-state index contributed by atoms with van der Waals surface area (Å²) in [5.41, 5.74) is 0. The number of rotatable bonds is 4. The van der Waals surface area contributed by atoms with E-state index < -0.39 is 10.0 Å². The minimum atomic E-state index is -3.61. The Kier molecular flexibility index (Phi) is 4.49. The van der Waals surface area contributed by atoms with Crippen molar-refractivity contribution in [2.75, 3.05) is 20.6 Å². The van der Waals surface area contributed by atoms with Gasteiger partial charge in [0.05, 0.1) is 0 Å². The zero-order valence-electron chi connectivity index (χ0n) is 9.63. The number of nitrogens with one attached hydrogen (secondary N) is 1. The van der Waals surface area contributed by atoms with Gasteiger partial charge in [-0.15, -0.1) is 11.3 Å². The number of hydrogen-bond acceptors (Lipinski definition) is 4. The molecular formula is C9H15N3O3S2. The summed E-state index contributed by atoms with van der Waals surface area (Å²) in [5.74, 6) is 0. The Bertz CT molecular complexity index is 493. The SMILES string of the molecule is CN(C)C(=O)NCCc1ccc(S(N)(=O)=O)s1. The van der Waals surface area contributed by atoms with E-state index in [2.05, 4.69) is 5.32 Å². The molecule has 0 bridgehead atoms. The highest BCUT2D eigenvalue weighted by Gasteiger charge is 2.11. The van der Waals surface area contributed by atoms with Crippen molar-refractivity contribution in [2.24, 2.45) is 5.14 Å². The molecule has 96 valence electrons. The molecule has 3 N–H and O–H groups in total. The summed E-state index contributed by atoms with van der Waals surface area (Å²) in [6, 6.07) is 3.00. The van der Waals surface area contributed by atoms with Crippen LogP contribution in [0.5, 0.6) is 0 Å². The van der Waals surface area contributed by atoms with Crippen LogP contribution >= 0.6 is 11.3 Å². The highest BCUT2D eigenvalue weighted by molar-refractivity contribution is 7.91. The van der Waals surface area contributed by atoms with E-state index in [0.29, 0.717) is 13.0 Å². The molecule has 0 radical (unpaired) electrons. The van der Waals surface area contributed by atoms with Crippen LogP contribution in [0, 0.1) is 0 Å². The summed E-state index contributed by atoms with van der Waals surface area (Å²) in [6.07, 6.45) is 0.583. The van der Waals surface area contributed by atoms with Crippen molar-refractivity contribution < 1.29 is 13.2 Å². The number of amides is 2. The predicted molar refractivity (Wildman–Crippen MR) is 66.5 cm³/mol. The predicted octanol–water partition coefficient (Wildman–Crippen LogP) is 0.209. The molecule has 6 nitrogen and oxygen atoms in total. The van der Waals surface area contributed by atoms with Crippen LogP contribution in [0.25, 0.3) is 0 Å². The topological polar surface area (TPSA) is 92.5 Å². The number of thiophene rings is 1. The van der Waals surface area contributed by atoms with Gasteiger partial charge in [0.25, 0.3) is 0 Å². The highest BCUT2D eigenvalue weighted by atomic mass is 32.2. The molecule has 2 amide bonds. The fourth-order valence-electron chi connectivity index (χ4n) is 1.10. The zero-order valence-corrected chi connectivity index (χ0v) is 11.3. The van der Waals surface area contributed by atoms with Crippen molar-refractivity contribution in [2.45, 2.75) is 10.6 Å². The standard InChI is InChI=1S/C9H15N3O3S2/c1-12(2)9(13)11-6-5-7-3-4-8(16-7)17(10,14)15/h3-4H,5-6H2,1-2H3,(H,11,13)(H2,10,14,15). The minimum absolute atomic E-state index is 0.145. The second kappa shape index (κ2) is 5.48. The Morgan fingerprint density at radius 1 is 1.47 bits per heavy atom. The molecule has 0 aromatic carbocycles. The Labute approximate surface area is 104 Å². The normalized spacial score (nSPS) is 11.2. The molecule has 1 aromatic rings. The van der Waals surface area contributed by atoms with Gasteiger partial charge < -0.3 is 10.2 Å². The fourth-order valence-corrected chi connectivity index (χ4v) is 2.87. The van der Waals surface area contributed by atoms with Crippen molar-refractivity contribution in [3.05, 3.63) is 17.0 Å². The van der Waals surface area contributed by atoms with E-state index in [1.807, 2.05) is 0 Å². The van der Waals surface area contributed by atoms with Gasteiger partial charge in [0.15, 0.2) is 0 Å². The Balaban J connectivity index is 2.49. The van der Waals surface area contributed by atoms with Crippen molar-refractivity contribution in [1.29, 1.82) is 0 Å². The van der Waals surface area contributed by atoms with Crippen LogP contribution in [0.15, 0.2) is 16.3 Å². The van der Waals surface area contributed by atoms with Crippen LogP contribution in [0.4, 0.5) is 4.79 Å². The number of nitrogens with zero attached hydrogens (tertiary/aromatic N) is 1. The molecule has 0 unspecified atom stereocenters. The molecule has 0 saturated carbocycles. The van der Waals surface area contributed by atoms with E-state index in [0.717, 1.165) is 16.2 Å². The van der Waals surface area contributed by atoms with Gasteiger partial charge in [-0.05, 0) is 18.6 Å². The summed E-state index contributed by atoms with van der Waals surface area (Å²) in [4.78, 5) is 13.5. The van der Waals surface area contributed by atoms with E-state index in [1.165, 1.54) is 11.0 Å². The molecule has 1 rings (SSSR count). The second-order valence-electron chi connectivity index (χ2n) is 3.64. The van der Waals surface area contributed by atoms with Gasteiger partial charge in [-0.25, -0.2) is 18.4 Å². The summed E-state index contributed by atoms with van der Waals surface area (Å²) >= 11 is 1.12. The van der Waals surface area contributed by atoms with E-state index in [1.54, 1.807) is 20.2 Å². The maximum atomic E-state index is 11.2. The number of nitrogens with two attached hydrogens (primary N) is 1. The number of carbonyl (C=O) groups excluding carboxylic acids is 1. The first-order valence-electron chi connectivity index (χ1n) is 4.87. The Morgan fingerprint density at radius 3 is 2.59 bits per heavy atom. The average Bonchev–Trinajstić information content (AvgIpc) is 2.65. The van der Waals surface area contributed by atoms with Crippen LogP contribution in [-0.2, 0) is 16.4 Å². The van der Waals surface area contributed by atoms with Gasteiger partial charge in [0.2, 0.25) is 10.0 Å². The molecule has 0 saturated heterocycles. The van der Waals surface area contributed by atoms with Gasteiger partial charge >= 0.3 is 6.03 Å². The van der Waals surface area contributed by atoms with Crippen LogP contribution < -0.4 is 10.5 Å². The number of hydrogen-bond donors (Lipinski definition) is 2. The molecular weight excluding hydrogens is 262 g/mol. The lowest BCUT2D eigenvalue weighted by atomic mass is 10.3. The third kappa shape index (κ3) is 4.33. The van der Waals surface area contributed by atoms with Gasteiger partial charge in [-0.3, -0.25) is 0 Å². The molecule has 1 aromatic heterocycles. The van der Waals surface area contributed by atoms with Crippen LogP contribution in [-0.4, -0.2) is 40.0 Å². The highest BCUT2D eigenvalue weighted by Crippen LogP contribution is 2.20. The first kappa shape index (κ1) is 13.9. The van der Waals surface area contributed by atoms with Crippen molar-refractivity contribution in [3.63, 3.8) is 0 Å². The zero-order chi connectivity index (χ0) is 13.1. The maximum absolute atomic E-state index is 11.2. The molecule has 1 heterocycles. The van der Waals surface area contributed by atoms with Crippen LogP contribution in [0.3, 0.4) is 0 Å². The Hall–Kier alpha value is -1.12. The number of carbonyl (C=O) groups is 1. The summed E-state index contributed by atoms with van der Waals surface area (Å²) in [5, 5.41) is 7.68. The lowest BCUT2D eigenvalue weighted by Gasteiger charge is -2.11. The third-order valence-corrected chi connectivity index (χ3v) is 4.55. The third-order valence-electron chi connectivity index (χ3n) is 1.97. The lowest BCUT2D eigenvalue weighted by Crippen LogP contribution is -2.35. The maximum Gasteiger partial charge on any atom is 0.316 e. The first-order chi connectivity index (χ1) is 7.80. The van der Waals surface area contributed by atoms with E-state index >= 15 is 0 Å². The molecule has 0 aliphatic heterocycles. The van der Waals surface area contributed by atoms with E-state index in [-0.39, 0.29) is 10.2 Å². The largest absolute Gasteiger partial charge is 0.338 e. The van der Waals surface area contributed by atoms with E-state index in [4.69, 9.17) is 5.14 Å². The molecule has 8 heteroatoms. The summed E-state index contributed by atoms with van der Waals surface area (Å²) in [7, 11) is -0.309. The monoisotopic (exact) mass is 277 g/mol. The van der Waals surface area contributed by atoms with Crippen molar-refractivity contribution >= 4 is 27.4 Å². The average molecular weight is 277 g/mol. The fraction of sp³-hybridized carbons (Fsp3) is 0.444. The number of primary sulfonamides is 1. The molecule has 0 aliphatic carbocycles. The van der Waals surface area contributed by atoms with E-state index in [9.17, 15) is 13.2 Å². The van der Waals surface area contributed by atoms with Crippen molar-refractivity contribution in [3.8, 4) is 0 Å². The van der Waals surface area contributed by atoms with Gasteiger partial charge in [-0.1, -0.05) is 0 Å². The van der Waals surface area contributed by atoms with Crippen molar-refractivity contribution in [1.82, 2.24) is 10.2 Å². The Morgan fingerprint density at radius 2 is 2.12 bits per heavy atom. The molecule has 0 aliphatic rings. The molecule has 0 spiro atoms. The van der Waals surface area contributed by atoms with Gasteiger partial charge in [0.1, 0.15) is 4.21 Å². The minimum Gasteiger partial charge on any atom is -0.338 e. The smallest absolute Gasteiger partial charge is 0.316 e. The molecule has 0 fully saturated rings. The summed E-state index contributed by atoms with van der Waals surface area (Å²) in [6.45, 7) is 0.460.